The van der Waals surface area contributed by atoms with Crippen molar-refractivity contribution in [2.45, 2.75) is 6.42 Å². The van der Waals surface area contributed by atoms with E-state index in [1.54, 1.807) is 6.07 Å². The molecule has 0 atom stereocenters. The summed E-state index contributed by atoms with van der Waals surface area (Å²) >= 11 is 0. The molecule has 80 valence electrons. The van der Waals surface area contributed by atoms with Crippen molar-refractivity contribution in [3.05, 3.63) is 29.6 Å². The summed E-state index contributed by atoms with van der Waals surface area (Å²) in [5, 5.41) is 3.15. The Kier molecular flexibility index (Phi) is 2.85. The van der Waals surface area contributed by atoms with Crippen molar-refractivity contribution in [1.82, 2.24) is 5.32 Å². The van der Waals surface area contributed by atoms with Crippen LogP contribution in [0.15, 0.2) is 23.2 Å². The SMILES string of the molecule is COc1ccc(CC2=NCCN2)cc1F. The first-order valence-corrected chi connectivity index (χ1v) is 4.89. The Labute approximate surface area is 88.0 Å². The van der Waals surface area contributed by atoms with Gasteiger partial charge >= 0.3 is 0 Å². The van der Waals surface area contributed by atoms with E-state index in [-0.39, 0.29) is 11.6 Å². The standard InChI is InChI=1S/C11H13FN2O/c1-15-10-3-2-8(6-9(10)12)7-11-13-4-5-14-11/h2-3,6H,4-5,7H2,1H3,(H,13,14). The molecule has 15 heavy (non-hydrogen) atoms. The predicted molar refractivity (Wildman–Crippen MR) is 57.0 cm³/mol. The molecule has 4 heteroatoms. The molecule has 1 heterocycles. The van der Waals surface area contributed by atoms with Crippen LogP contribution in [0.3, 0.4) is 0 Å². The van der Waals surface area contributed by atoms with E-state index in [9.17, 15) is 4.39 Å². The zero-order chi connectivity index (χ0) is 10.7. The van der Waals surface area contributed by atoms with Crippen LogP contribution < -0.4 is 10.1 Å². The summed E-state index contributed by atoms with van der Waals surface area (Å²) in [5.41, 5.74) is 0.904. The van der Waals surface area contributed by atoms with E-state index in [1.165, 1.54) is 13.2 Å². The second-order valence-corrected chi connectivity index (χ2v) is 3.40. The molecule has 1 aromatic carbocycles. The molecule has 0 amide bonds. The van der Waals surface area contributed by atoms with Gasteiger partial charge in [-0.15, -0.1) is 0 Å². The Balaban J connectivity index is 2.12. The molecule has 0 fully saturated rings. The second-order valence-electron chi connectivity index (χ2n) is 3.40. The molecule has 0 unspecified atom stereocenters. The number of nitrogens with zero attached hydrogens (tertiary/aromatic N) is 1. The molecule has 0 radical (unpaired) electrons. The van der Waals surface area contributed by atoms with Crippen LogP contribution in [0.4, 0.5) is 4.39 Å². The Morgan fingerprint density at radius 3 is 3.00 bits per heavy atom. The Morgan fingerprint density at radius 1 is 1.53 bits per heavy atom. The van der Waals surface area contributed by atoms with Gasteiger partial charge in [0.05, 0.1) is 13.7 Å². The maximum absolute atomic E-state index is 13.3. The number of hydrogen-bond acceptors (Lipinski definition) is 3. The van der Waals surface area contributed by atoms with Crippen LogP contribution in [-0.4, -0.2) is 26.0 Å². The lowest BCUT2D eigenvalue weighted by molar-refractivity contribution is 0.386. The fourth-order valence-corrected chi connectivity index (χ4v) is 1.58. The maximum Gasteiger partial charge on any atom is 0.165 e. The van der Waals surface area contributed by atoms with Crippen LogP contribution in [0.2, 0.25) is 0 Å². The average Bonchev–Trinajstić information content (AvgIpc) is 2.71. The van der Waals surface area contributed by atoms with Crippen LogP contribution in [-0.2, 0) is 6.42 Å². The highest BCUT2D eigenvalue weighted by Gasteiger charge is 2.08. The summed E-state index contributed by atoms with van der Waals surface area (Å²) < 4.78 is 18.2. The van der Waals surface area contributed by atoms with E-state index < -0.39 is 0 Å². The van der Waals surface area contributed by atoms with Crippen molar-refractivity contribution in [3.8, 4) is 5.75 Å². The van der Waals surface area contributed by atoms with E-state index in [1.807, 2.05) is 6.07 Å². The first-order valence-electron chi connectivity index (χ1n) is 4.89. The van der Waals surface area contributed by atoms with Gasteiger partial charge in [-0.25, -0.2) is 4.39 Å². The first kappa shape index (κ1) is 9.96. The van der Waals surface area contributed by atoms with E-state index in [4.69, 9.17) is 4.74 Å². The van der Waals surface area contributed by atoms with Gasteiger partial charge in [-0.05, 0) is 17.7 Å². The third-order valence-corrected chi connectivity index (χ3v) is 2.33. The summed E-state index contributed by atoms with van der Waals surface area (Å²) in [6, 6.07) is 4.98. The van der Waals surface area contributed by atoms with Gasteiger partial charge in [0.25, 0.3) is 0 Å². The van der Waals surface area contributed by atoms with E-state index in [0.29, 0.717) is 6.42 Å². The van der Waals surface area contributed by atoms with Crippen molar-refractivity contribution >= 4 is 5.84 Å². The van der Waals surface area contributed by atoms with Crippen LogP contribution in [0, 0.1) is 5.82 Å². The first-order chi connectivity index (χ1) is 7.29. The van der Waals surface area contributed by atoms with E-state index in [2.05, 4.69) is 10.3 Å². The normalized spacial score (nSPS) is 14.7. The molecule has 0 bridgehead atoms. The number of benzene rings is 1. The Bertz CT molecular complexity index is 390. The third kappa shape index (κ3) is 2.26. The highest BCUT2D eigenvalue weighted by molar-refractivity contribution is 5.85. The minimum absolute atomic E-state index is 0.278. The second kappa shape index (κ2) is 4.29. The summed E-state index contributed by atoms with van der Waals surface area (Å²) in [6.07, 6.45) is 0.654. The molecular weight excluding hydrogens is 195 g/mol. The summed E-state index contributed by atoms with van der Waals surface area (Å²) in [5.74, 6) is 0.883. The average molecular weight is 208 g/mol. The Morgan fingerprint density at radius 2 is 2.40 bits per heavy atom. The predicted octanol–water partition coefficient (Wildman–Crippen LogP) is 1.38. The van der Waals surface area contributed by atoms with Gasteiger partial charge in [0.15, 0.2) is 11.6 Å². The number of ether oxygens (including phenoxy) is 1. The number of aliphatic imine (C=N–C) groups is 1. The van der Waals surface area contributed by atoms with Crippen LogP contribution >= 0.6 is 0 Å². The molecular formula is C11H13FN2O. The van der Waals surface area contributed by atoms with Crippen molar-refractivity contribution in [2.75, 3.05) is 20.2 Å². The lowest BCUT2D eigenvalue weighted by atomic mass is 10.1. The number of hydrogen-bond donors (Lipinski definition) is 1. The molecule has 1 aliphatic rings. The van der Waals surface area contributed by atoms with Crippen LogP contribution in [0.25, 0.3) is 0 Å². The van der Waals surface area contributed by atoms with Crippen molar-refractivity contribution in [1.29, 1.82) is 0 Å². The number of methoxy groups -OCH3 is 1. The zero-order valence-electron chi connectivity index (χ0n) is 8.59. The summed E-state index contributed by atoms with van der Waals surface area (Å²) in [4.78, 5) is 4.26. The van der Waals surface area contributed by atoms with Gasteiger partial charge in [0.2, 0.25) is 0 Å². The lowest BCUT2D eigenvalue weighted by Gasteiger charge is -2.05. The molecule has 2 rings (SSSR count). The molecule has 0 spiro atoms. The monoisotopic (exact) mass is 208 g/mol. The van der Waals surface area contributed by atoms with E-state index in [0.717, 1.165) is 24.5 Å². The minimum atomic E-state index is -0.325. The van der Waals surface area contributed by atoms with E-state index >= 15 is 0 Å². The van der Waals surface area contributed by atoms with Gasteiger partial charge in [-0.2, -0.15) is 0 Å². The highest BCUT2D eigenvalue weighted by atomic mass is 19.1. The van der Waals surface area contributed by atoms with Gasteiger partial charge in [0, 0.05) is 13.0 Å². The number of amidine groups is 1. The molecule has 0 saturated heterocycles. The molecule has 0 aliphatic carbocycles. The van der Waals surface area contributed by atoms with Crippen molar-refractivity contribution in [3.63, 3.8) is 0 Å². The summed E-state index contributed by atoms with van der Waals surface area (Å²) in [7, 11) is 1.46. The molecule has 3 nitrogen and oxygen atoms in total. The number of nitrogens with one attached hydrogen (secondary N) is 1. The highest BCUT2D eigenvalue weighted by Crippen LogP contribution is 2.18. The third-order valence-electron chi connectivity index (χ3n) is 2.33. The molecule has 0 saturated carbocycles. The van der Waals surface area contributed by atoms with Crippen LogP contribution in [0.5, 0.6) is 5.75 Å². The zero-order valence-corrected chi connectivity index (χ0v) is 8.59. The van der Waals surface area contributed by atoms with Crippen molar-refractivity contribution in [2.24, 2.45) is 4.99 Å². The van der Waals surface area contributed by atoms with Crippen molar-refractivity contribution < 1.29 is 9.13 Å². The Hall–Kier alpha value is -1.58. The molecule has 1 aromatic rings. The quantitative estimate of drug-likeness (QED) is 0.814. The lowest BCUT2D eigenvalue weighted by Crippen LogP contribution is -2.20. The van der Waals surface area contributed by atoms with Gasteiger partial charge < -0.3 is 10.1 Å². The minimum Gasteiger partial charge on any atom is -0.494 e. The van der Waals surface area contributed by atoms with Gasteiger partial charge in [0.1, 0.15) is 5.84 Å². The molecule has 0 aromatic heterocycles. The smallest absolute Gasteiger partial charge is 0.165 e. The molecule has 1 N–H and O–H groups in total. The maximum atomic E-state index is 13.3. The number of rotatable bonds is 3. The summed E-state index contributed by atoms with van der Waals surface area (Å²) in [6.45, 7) is 1.70. The van der Waals surface area contributed by atoms with Gasteiger partial charge in [-0.1, -0.05) is 6.07 Å². The van der Waals surface area contributed by atoms with Gasteiger partial charge in [-0.3, -0.25) is 4.99 Å². The number of halogens is 1. The van der Waals surface area contributed by atoms with Crippen LogP contribution in [0.1, 0.15) is 5.56 Å². The topological polar surface area (TPSA) is 33.6 Å². The molecule has 1 aliphatic heterocycles. The largest absolute Gasteiger partial charge is 0.494 e. The fraction of sp³-hybridized carbons (Fsp3) is 0.364. The fourth-order valence-electron chi connectivity index (χ4n) is 1.58.